The molecule has 25 heavy (non-hydrogen) atoms. The van der Waals surface area contributed by atoms with E-state index in [4.69, 9.17) is 0 Å². The Balaban J connectivity index is 1.54. The van der Waals surface area contributed by atoms with Gasteiger partial charge < -0.3 is 5.32 Å². The second-order valence-electron chi connectivity index (χ2n) is 7.30. The van der Waals surface area contributed by atoms with Gasteiger partial charge in [-0.1, -0.05) is 0 Å². The molecular formula is C20H23F2N3. The molecule has 4 heterocycles. The number of aromatic nitrogens is 1. The van der Waals surface area contributed by atoms with E-state index in [-0.39, 0.29) is 5.56 Å². The maximum absolute atomic E-state index is 14.1. The van der Waals surface area contributed by atoms with Crippen LogP contribution < -0.4 is 5.32 Å². The van der Waals surface area contributed by atoms with E-state index in [1.165, 1.54) is 38.1 Å². The highest BCUT2D eigenvalue weighted by Crippen LogP contribution is 2.34. The van der Waals surface area contributed by atoms with Crippen molar-refractivity contribution in [2.75, 3.05) is 18.4 Å². The standard InChI is InChI=1S/C20H23F2N3/c1-12-9-18(22)16(10-17(12)21)19-4-3-15(11-23-19)24-20-13(2)25-7-5-14(20)6-8-25/h3-4,9-11,13-14,20,24H,5-8H2,1-2H3/t13-,20-/m1/s1. The van der Waals surface area contributed by atoms with E-state index in [1.54, 1.807) is 19.2 Å². The summed E-state index contributed by atoms with van der Waals surface area (Å²) in [4.78, 5) is 6.88. The van der Waals surface area contributed by atoms with Crippen LogP contribution in [0.5, 0.6) is 0 Å². The zero-order valence-electron chi connectivity index (χ0n) is 14.6. The zero-order chi connectivity index (χ0) is 17.6. The van der Waals surface area contributed by atoms with Crippen molar-refractivity contribution in [3.63, 3.8) is 0 Å². The lowest BCUT2D eigenvalue weighted by Crippen LogP contribution is -2.59. The van der Waals surface area contributed by atoms with Gasteiger partial charge in [0.25, 0.3) is 0 Å². The highest BCUT2D eigenvalue weighted by molar-refractivity contribution is 5.62. The summed E-state index contributed by atoms with van der Waals surface area (Å²) in [7, 11) is 0. The number of halogens is 2. The molecule has 3 fully saturated rings. The van der Waals surface area contributed by atoms with E-state index in [9.17, 15) is 8.78 Å². The van der Waals surface area contributed by atoms with Crippen molar-refractivity contribution in [1.82, 2.24) is 9.88 Å². The van der Waals surface area contributed by atoms with Crippen LogP contribution in [0.25, 0.3) is 11.3 Å². The van der Waals surface area contributed by atoms with E-state index in [0.717, 1.165) is 5.69 Å². The lowest BCUT2D eigenvalue weighted by atomic mass is 9.79. The molecule has 3 saturated heterocycles. The van der Waals surface area contributed by atoms with E-state index in [1.807, 2.05) is 6.07 Å². The van der Waals surface area contributed by atoms with Crippen LogP contribution in [0.15, 0.2) is 30.5 Å². The van der Waals surface area contributed by atoms with Gasteiger partial charge in [0.15, 0.2) is 0 Å². The summed E-state index contributed by atoms with van der Waals surface area (Å²) in [6.07, 6.45) is 4.19. The van der Waals surface area contributed by atoms with Crippen molar-refractivity contribution >= 4 is 5.69 Å². The maximum atomic E-state index is 14.1. The fourth-order valence-corrected chi connectivity index (χ4v) is 4.22. The molecule has 2 bridgehead atoms. The first-order chi connectivity index (χ1) is 12.0. The van der Waals surface area contributed by atoms with Crippen LogP contribution in [0, 0.1) is 24.5 Å². The summed E-state index contributed by atoms with van der Waals surface area (Å²) in [5, 5.41) is 3.60. The second kappa shape index (κ2) is 6.37. The average Bonchev–Trinajstić information content (AvgIpc) is 2.62. The fraction of sp³-hybridized carbons (Fsp3) is 0.450. The molecule has 0 radical (unpaired) electrons. The van der Waals surface area contributed by atoms with Crippen LogP contribution in [-0.4, -0.2) is 35.1 Å². The number of nitrogens with zero attached hydrogens (tertiary/aromatic N) is 2. The van der Waals surface area contributed by atoms with E-state index in [0.29, 0.717) is 29.3 Å². The first-order valence-corrected chi connectivity index (χ1v) is 8.95. The van der Waals surface area contributed by atoms with Crippen LogP contribution in [0.1, 0.15) is 25.3 Å². The van der Waals surface area contributed by atoms with Gasteiger partial charge in [-0.05, 0) is 75.5 Å². The summed E-state index contributed by atoms with van der Waals surface area (Å²) in [6, 6.07) is 7.02. The van der Waals surface area contributed by atoms with Crippen molar-refractivity contribution in [3.05, 3.63) is 47.7 Å². The highest BCUT2D eigenvalue weighted by Gasteiger charge is 2.39. The molecule has 5 heteroatoms. The Morgan fingerprint density at radius 2 is 1.88 bits per heavy atom. The van der Waals surface area contributed by atoms with Gasteiger partial charge in [0.1, 0.15) is 11.6 Å². The van der Waals surface area contributed by atoms with Gasteiger partial charge in [-0.25, -0.2) is 8.78 Å². The van der Waals surface area contributed by atoms with Crippen LogP contribution in [-0.2, 0) is 0 Å². The summed E-state index contributed by atoms with van der Waals surface area (Å²) in [6.45, 7) is 6.21. The van der Waals surface area contributed by atoms with E-state index >= 15 is 0 Å². The molecule has 0 amide bonds. The van der Waals surface area contributed by atoms with Gasteiger partial charge >= 0.3 is 0 Å². The largest absolute Gasteiger partial charge is 0.379 e. The number of aryl methyl sites for hydroxylation is 1. The van der Waals surface area contributed by atoms with Crippen LogP contribution >= 0.6 is 0 Å². The molecule has 3 aliphatic rings. The fourth-order valence-electron chi connectivity index (χ4n) is 4.22. The van der Waals surface area contributed by atoms with Gasteiger partial charge in [-0.2, -0.15) is 0 Å². The first kappa shape index (κ1) is 16.5. The molecular weight excluding hydrogens is 320 g/mol. The Morgan fingerprint density at radius 3 is 2.52 bits per heavy atom. The Labute approximate surface area is 147 Å². The number of rotatable bonds is 3. The molecule has 1 aromatic carbocycles. The lowest BCUT2D eigenvalue weighted by Gasteiger charge is -2.50. The quantitative estimate of drug-likeness (QED) is 0.904. The van der Waals surface area contributed by atoms with Gasteiger partial charge in [-0.3, -0.25) is 9.88 Å². The van der Waals surface area contributed by atoms with E-state index < -0.39 is 11.6 Å². The Kier molecular flexibility index (Phi) is 4.20. The molecule has 3 aliphatic heterocycles. The lowest BCUT2D eigenvalue weighted by molar-refractivity contribution is 0.0458. The number of nitrogens with one attached hydrogen (secondary N) is 1. The molecule has 0 spiro atoms. The normalized spacial score (nSPS) is 28.2. The molecule has 1 aromatic heterocycles. The van der Waals surface area contributed by atoms with Crippen molar-refractivity contribution in [2.24, 2.45) is 5.92 Å². The number of anilines is 1. The summed E-state index contributed by atoms with van der Waals surface area (Å²) >= 11 is 0. The predicted molar refractivity (Wildman–Crippen MR) is 95.5 cm³/mol. The number of hydrogen-bond donors (Lipinski definition) is 1. The highest BCUT2D eigenvalue weighted by atomic mass is 19.1. The first-order valence-electron chi connectivity index (χ1n) is 8.95. The molecule has 3 nitrogen and oxygen atoms in total. The number of benzene rings is 1. The molecule has 2 atom stereocenters. The van der Waals surface area contributed by atoms with Crippen molar-refractivity contribution < 1.29 is 8.78 Å². The predicted octanol–water partition coefficient (Wildman–Crippen LogP) is 4.23. The van der Waals surface area contributed by atoms with Gasteiger partial charge in [0.05, 0.1) is 17.6 Å². The van der Waals surface area contributed by atoms with E-state index in [2.05, 4.69) is 22.1 Å². The van der Waals surface area contributed by atoms with Gasteiger partial charge in [-0.15, -0.1) is 0 Å². The van der Waals surface area contributed by atoms with Crippen LogP contribution in [0.4, 0.5) is 14.5 Å². The van der Waals surface area contributed by atoms with Gasteiger partial charge in [0.2, 0.25) is 0 Å². The van der Waals surface area contributed by atoms with Crippen LogP contribution in [0.3, 0.4) is 0 Å². The number of hydrogen-bond acceptors (Lipinski definition) is 3. The molecule has 0 unspecified atom stereocenters. The minimum absolute atomic E-state index is 0.200. The molecule has 1 N–H and O–H groups in total. The maximum Gasteiger partial charge on any atom is 0.133 e. The third kappa shape index (κ3) is 3.01. The third-order valence-electron chi connectivity index (χ3n) is 5.80. The van der Waals surface area contributed by atoms with Crippen molar-refractivity contribution in [2.45, 2.75) is 38.8 Å². The molecule has 132 valence electrons. The minimum Gasteiger partial charge on any atom is -0.379 e. The Bertz CT molecular complexity index is 765. The molecule has 5 rings (SSSR count). The average molecular weight is 343 g/mol. The zero-order valence-corrected chi connectivity index (χ0v) is 14.6. The van der Waals surface area contributed by atoms with Crippen molar-refractivity contribution in [3.8, 4) is 11.3 Å². The molecule has 0 aliphatic carbocycles. The third-order valence-corrected chi connectivity index (χ3v) is 5.80. The molecule has 2 aromatic rings. The Morgan fingerprint density at radius 1 is 1.12 bits per heavy atom. The smallest absolute Gasteiger partial charge is 0.133 e. The van der Waals surface area contributed by atoms with Gasteiger partial charge in [0, 0.05) is 17.6 Å². The second-order valence-corrected chi connectivity index (χ2v) is 7.30. The summed E-state index contributed by atoms with van der Waals surface area (Å²) < 4.78 is 27.9. The summed E-state index contributed by atoms with van der Waals surface area (Å²) in [5.41, 5.74) is 1.88. The number of piperidine rings is 3. The minimum atomic E-state index is -0.446. The number of fused-ring (bicyclic) bond motifs is 3. The monoisotopic (exact) mass is 343 g/mol. The SMILES string of the molecule is Cc1cc(F)c(-c2ccc(N[C@H]3C4CCN(CC4)[C@@H]3C)cn2)cc1F. The summed E-state index contributed by atoms with van der Waals surface area (Å²) in [5.74, 6) is -0.164. The number of pyridine rings is 1. The Hall–Kier alpha value is -2.01. The van der Waals surface area contributed by atoms with Crippen LogP contribution in [0.2, 0.25) is 0 Å². The topological polar surface area (TPSA) is 28.2 Å². The molecule has 0 saturated carbocycles. The van der Waals surface area contributed by atoms with Crippen molar-refractivity contribution in [1.29, 1.82) is 0 Å².